The minimum absolute atomic E-state index is 0.120. The van der Waals surface area contributed by atoms with E-state index < -0.39 is 24.3 Å². The second-order valence-corrected chi connectivity index (χ2v) is 6.44. The molecule has 0 unspecified atom stereocenters. The van der Waals surface area contributed by atoms with Crippen molar-refractivity contribution in [2.75, 3.05) is 29.1 Å². The molecule has 134 valence electrons. The van der Waals surface area contributed by atoms with Gasteiger partial charge in [0.05, 0.1) is 17.1 Å². The van der Waals surface area contributed by atoms with Crippen LogP contribution in [-0.4, -0.2) is 36.7 Å². The number of hydrogen-bond donors (Lipinski definition) is 1. The molecular formula is C18H15FN2O4S. The maximum Gasteiger partial charge on any atom is 0.316 e. The molecule has 0 saturated heterocycles. The van der Waals surface area contributed by atoms with E-state index in [-0.39, 0.29) is 18.2 Å². The number of esters is 1. The van der Waals surface area contributed by atoms with E-state index in [9.17, 15) is 18.8 Å². The number of ether oxygens (including phenoxy) is 1. The van der Waals surface area contributed by atoms with E-state index in [1.807, 2.05) is 0 Å². The number of fused-ring (bicyclic) bond motifs is 1. The maximum absolute atomic E-state index is 13.5. The number of carbonyl (C=O) groups is 3. The van der Waals surface area contributed by atoms with E-state index in [4.69, 9.17) is 4.74 Å². The fourth-order valence-electron chi connectivity index (χ4n) is 2.42. The van der Waals surface area contributed by atoms with Crippen molar-refractivity contribution in [3.8, 4) is 0 Å². The topological polar surface area (TPSA) is 75.7 Å². The molecule has 1 aliphatic rings. The number of para-hydroxylation sites is 2. The molecule has 0 atom stereocenters. The molecule has 6 nitrogen and oxygen atoms in total. The highest BCUT2D eigenvalue weighted by Gasteiger charge is 2.27. The summed E-state index contributed by atoms with van der Waals surface area (Å²) in [5.41, 5.74) is 1.08. The zero-order valence-corrected chi connectivity index (χ0v) is 14.4. The van der Waals surface area contributed by atoms with Crippen molar-refractivity contribution in [2.45, 2.75) is 4.90 Å². The van der Waals surface area contributed by atoms with Crippen molar-refractivity contribution < 1.29 is 23.5 Å². The molecule has 0 aliphatic carbocycles. The summed E-state index contributed by atoms with van der Waals surface area (Å²) in [7, 11) is 0. The van der Waals surface area contributed by atoms with E-state index >= 15 is 0 Å². The average Bonchev–Trinajstić information content (AvgIpc) is 2.64. The number of carbonyl (C=O) groups excluding carboxylic acids is 3. The number of nitrogens with zero attached hydrogens (tertiary/aromatic N) is 1. The number of rotatable bonds is 5. The maximum atomic E-state index is 13.5. The van der Waals surface area contributed by atoms with Crippen LogP contribution in [0, 0.1) is 5.82 Å². The van der Waals surface area contributed by atoms with Gasteiger partial charge in [-0.1, -0.05) is 24.3 Å². The Morgan fingerprint density at radius 2 is 1.88 bits per heavy atom. The molecule has 0 radical (unpaired) electrons. The third-order valence-electron chi connectivity index (χ3n) is 3.61. The summed E-state index contributed by atoms with van der Waals surface area (Å²) >= 11 is 0.993. The Morgan fingerprint density at radius 1 is 1.15 bits per heavy atom. The van der Waals surface area contributed by atoms with Crippen LogP contribution in [0.25, 0.3) is 0 Å². The predicted octanol–water partition coefficient (Wildman–Crippen LogP) is 2.45. The van der Waals surface area contributed by atoms with Gasteiger partial charge in [0.25, 0.3) is 5.91 Å². The van der Waals surface area contributed by atoms with Crippen molar-refractivity contribution in [1.82, 2.24) is 0 Å². The van der Waals surface area contributed by atoms with Crippen LogP contribution < -0.4 is 10.2 Å². The summed E-state index contributed by atoms with van der Waals surface area (Å²) in [6.07, 6.45) is 0. The summed E-state index contributed by atoms with van der Waals surface area (Å²) in [4.78, 5) is 37.5. The molecule has 0 fully saturated rings. The zero-order valence-electron chi connectivity index (χ0n) is 13.6. The molecule has 1 N–H and O–H groups in total. The predicted molar refractivity (Wildman–Crippen MR) is 95.5 cm³/mol. The first kappa shape index (κ1) is 17.9. The number of halogens is 1. The van der Waals surface area contributed by atoms with Gasteiger partial charge in [-0.05, 0) is 24.3 Å². The molecule has 0 bridgehead atoms. The molecule has 8 heteroatoms. The Hall–Kier alpha value is -2.87. The quantitative estimate of drug-likeness (QED) is 0.643. The van der Waals surface area contributed by atoms with Crippen LogP contribution in [0.15, 0.2) is 53.4 Å². The van der Waals surface area contributed by atoms with Gasteiger partial charge in [-0.25, -0.2) is 4.39 Å². The van der Waals surface area contributed by atoms with Crippen molar-refractivity contribution >= 4 is 40.9 Å². The Labute approximate surface area is 153 Å². The van der Waals surface area contributed by atoms with E-state index in [1.54, 1.807) is 42.5 Å². The Morgan fingerprint density at radius 3 is 2.69 bits per heavy atom. The van der Waals surface area contributed by atoms with Gasteiger partial charge in [0.2, 0.25) is 5.91 Å². The first-order valence-corrected chi connectivity index (χ1v) is 8.75. The second kappa shape index (κ2) is 8.01. The van der Waals surface area contributed by atoms with E-state index in [1.165, 1.54) is 11.0 Å². The first-order chi connectivity index (χ1) is 12.5. The highest BCUT2D eigenvalue weighted by Crippen LogP contribution is 2.28. The molecule has 26 heavy (non-hydrogen) atoms. The van der Waals surface area contributed by atoms with Crippen LogP contribution in [0.1, 0.15) is 0 Å². The molecule has 2 amide bonds. The monoisotopic (exact) mass is 374 g/mol. The van der Waals surface area contributed by atoms with Gasteiger partial charge in [0.15, 0.2) is 6.61 Å². The SMILES string of the molecule is O=C1CN(C(=O)COC(=O)CSc2ccccc2F)c2ccccc2N1. The van der Waals surface area contributed by atoms with Gasteiger partial charge in [0, 0.05) is 4.90 Å². The molecule has 3 rings (SSSR count). The van der Waals surface area contributed by atoms with Crippen LogP contribution in [-0.2, 0) is 19.1 Å². The van der Waals surface area contributed by atoms with Crippen molar-refractivity contribution in [3.05, 3.63) is 54.3 Å². The number of thioether (sulfide) groups is 1. The molecule has 2 aromatic rings. The Kier molecular flexibility index (Phi) is 5.52. The summed E-state index contributed by atoms with van der Waals surface area (Å²) in [5.74, 6) is -2.00. The summed E-state index contributed by atoms with van der Waals surface area (Å²) in [5, 5.41) is 2.67. The minimum atomic E-state index is -0.638. The molecule has 0 saturated carbocycles. The molecule has 2 aromatic carbocycles. The van der Waals surface area contributed by atoms with Crippen molar-refractivity contribution in [1.29, 1.82) is 0 Å². The smallest absolute Gasteiger partial charge is 0.316 e. The lowest BCUT2D eigenvalue weighted by Crippen LogP contribution is -2.44. The summed E-state index contributed by atoms with van der Waals surface area (Å²) < 4.78 is 18.5. The molecular weight excluding hydrogens is 359 g/mol. The van der Waals surface area contributed by atoms with Crippen molar-refractivity contribution in [3.63, 3.8) is 0 Å². The second-order valence-electron chi connectivity index (χ2n) is 5.42. The van der Waals surface area contributed by atoms with Crippen LogP contribution in [0.4, 0.5) is 15.8 Å². The zero-order chi connectivity index (χ0) is 18.5. The van der Waals surface area contributed by atoms with Crippen molar-refractivity contribution in [2.24, 2.45) is 0 Å². The third kappa shape index (κ3) is 4.20. The number of nitrogens with one attached hydrogen (secondary N) is 1. The lowest BCUT2D eigenvalue weighted by atomic mass is 10.2. The number of hydrogen-bond acceptors (Lipinski definition) is 5. The molecule has 0 aromatic heterocycles. The largest absolute Gasteiger partial charge is 0.455 e. The van der Waals surface area contributed by atoms with E-state index in [0.717, 1.165) is 11.8 Å². The fraction of sp³-hybridized carbons (Fsp3) is 0.167. The average molecular weight is 374 g/mol. The number of anilines is 2. The van der Waals surface area contributed by atoms with Crippen LogP contribution in [0.3, 0.4) is 0 Å². The number of amides is 2. The van der Waals surface area contributed by atoms with Gasteiger partial charge in [0.1, 0.15) is 12.4 Å². The van der Waals surface area contributed by atoms with Crippen LogP contribution >= 0.6 is 11.8 Å². The molecule has 0 spiro atoms. The Bertz CT molecular complexity index is 859. The van der Waals surface area contributed by atoms with Gasteiger partial charge in [-0.15, -0.1) is 11.8 Å². The van der Waals surface area contributed by atoms with Crippen LogP contribution in [0.2, 0.25) is 0 Å². The summed E-state index contributed by atoms with van der Waals surface area (Å²) in [6.45, 7) is -0.629. The van der Waals surface area contributed by atoms with E-state index in [0.29, 0.717) is 16.3 Å². The Balaban J connectivity index is 1.55. The number of benzene rings is 2. The lowest BCUT2D eigenvalue weighted by Gasteiger charge is -2.28. The highest BCUT2D eigenvalue weighted by molar-refractivity contribution is 8.00. The first-order valence-electron chi connectivity index (χ1n) is 7.77. The highest BCUT2D eigenvalue weighted by atomic mass is 32.2. The lowest BCUT2D eigenvalue weighted by molar-refractivity contribution is -0.145. The molecule has 1 aliphatic heterocycles. The summed E-state index contributed by atoms with van der Waals surface area (Å²) in [6, 6.07) is 13.0. The fourth-order valence-corrected chi connectivity index (χ4v) is 3.15. The van der Waals surface area contributed by atoms with Gasteiger partial charge in [-0.2, -0.15) is 0 Å². The third-order valence-corrected chi connectivity index (χ3v) is 4.63. The molecule has 1 heterocycles. The standard InChI is InChI=1S/C18H15FN2O4S/c19-12-5-1-4-8-15(12)26-11-18(24)25-10-17(23)21-9-16(22)20-13-6-2-3-7-14(13)21/h1-8H,9-11H2,(H,20,22). The normalized spacial score (nSPS) is 13.0. The minimum Gasteiger partial charge on any atom is -0.455 e. The van der Waals surface area contributed by atoms with Crippen LogP contribution in [0.5, 0.6) is 0 Å². The van der Waals surface area contributed by atoms with Gasteiger partial charge < -0.3 is 10.1 Å². The van der Waals surface area contributed by atoms with E-state index in [2.05, 4.69) is 5.32 Å². The van der Waals surface area contributed by atoms with Gasteiger partial charge >= 0.3 is 5.97 Å². The van der Waals surface area contributed by atoms with Gasteiger partial charge in [-0.3, -0.25) is 19.3 Å².